The van der Waals surface area contributed by atoms with E-state index in [2.05, 4.69) is 16.0 Å². The Balaban J connectivity index is 1.95. The van der Waals surface area contributed by atoms with E-state index in [1.807, 2.05) is 0 Å². The lowest BCUT2D eigenvalue weighted by Crippen LogP contribution is -2.43. The van der Waals surface area contributed by atoms with E-state index >= 15 is 0 Å². The first kappa shape index (κ1) is 15.4. The van der Waals surface area contributed by atoms with E-state index in [1.165, 1.54) is 25.1 Å². The third-order valence-corrected chi connectivity index (χ3v) is 2.99. The highest BCUT2D eigenvalue weighted by Gasteiger charge is 2.17. The van der Waals surface area contributed by atoms with E-state index in [9.17, 15) is 14.0 Å². The Labute approximate surface area is 122 Å². The Hall–Kier alpha value is -1.99. The number of hydrogen-bond donors (Lipinski definition) is 3. The van der Waals surface area contributed by atoms with Crippen LogP contribution in [0.15, 0.2) is 18.2 Å². The maximum absolute atomic E-state index is 13.5. The van der Waals surface area contributed by atoms with Gasteiger partial charge < -0.3 is 20.7 Å². The average Bonchev–Trinajstić information content (AvgIpc) is 2.43. The Bertz CT molecular complexity index is 530. The largest absolute Gasteiger partial charge is 0.378 e. The smallest absolute Gasteiger partial charge is 0.226 e. The minimum absolute atomic E-state index is 0.0194. The van der Waals surface area contributed by atoms with Crippen molar-refractivity contribution in [3.05, 3.63) is 24.0 Å². The van der Waals surface area contributed by atoms with E-state index in [0.717, 1.165) is 6.54 Å². The molecule has 1 aromatic carbocycles. The second-order valence-corrected chi connectivity index (χ2v) is 4.85. The van der Waals surface area contributed by atoms with Crippen LogP contribution in [0.1, 0.15) is 13.3 Å². The predicted molar refractivity (Wildman–Crippen MR) is 76.6 cm³/mol. The first-order valence-electron chi connectivity index (χ1n) is 6.72. The zero-order valence-corrected chi connectivity index (χ0v) is 11.7. The van der Waals surface area contributed by atoms with Gasteiger partial charge in [0.25, 0.3) is 0 Å². The number of amides is 2. The summed E-state index contributed by atoms with van der Waals surface area (Å²) in [6.45, 7) is 3.16. The fraction of sp³-hybridized carbons (Fsp3) is 0.429. The van der Waals surface area contributed by atoms with Crippen molar-refractivity contribution in [3.8, 4) is 0 Å². The van der Waals surface area contributed by atoms with Crippen LogP contribution in [-0.2, 0) is 14.3 Å². The third kappa shape index (κ3) is 4.80. The molecule has 2 rings (SSSR count). The molecule has 1 atom stereocenters. The van der Waals surface area contributed by atoms with Crippen LogP contribution in [0, 0.1) is 5.82 Å². The number of halogens is 1. The molecule has 114 valence electrons. The number of ether oxygens (including phenoxy) is 1. The molecule has 2 amide bonds. The van der Waals surface area contributed by atoms with Crippen LogP contribution in [0.25, 0.3) is 0 Å². The summed E-state index contributed by atoms with van der Waals surface area (Å²) in [5.74, 6) is -1.12. The highest BCUT2D eigenvalue weighted by Crippen LogP contribution is 2.20. The molecular formula is C14H18FN3O3. The highest BCUT2D eigenvalue weighted by atomic mass is 19.1. The van der Waals surface area contributed by atoms with Crippen LogP contribution in [0.5, 0.6) is 0 Å². The number of anilines is 2. The lowest BCUT2D eigenvalue weighted by atomic mass is 10.2. The predicted octanol–water partition coefficient (Wildman–Crippen LogP) is 1.10. The van der Waals surface area contributed by atoms with Crippen LogP contribution < -0.4 is 16.0 Å². The van der Waals surface area contributed by atoms with Gasteiger partial charge in [-0.05, 0) is 18.2 Å². The number of nitrogens with one attached hydrogen (secondary N) is 3. The van der Waals surface area contributed by atoms with Crippen molar-refractivity contribution < 1.29 is 18.7 Å². The van der Waals surface area contributed by atoms with Crippen molar-refractivity contribution in [1.82, 2.24) is 5.32 Å². The van der Waals surface area contributed by atoms with Gasteiger partial charge >= 0.3 is 0 Å². The average molecular weight is 295 g/mol. The van der Waals surface area contributed by atoms with Crippen LogP contribution in [0.4, 0.5) is 15.8 Å². The van der Waals surface area contributed by atoms with Gasteiger partial charge in [-0.25, -0.2) is 4.39 Å². The van der Waals surface area contributed by atoms with Gasteiger partial charge in [-0.3, -0.25) is 9.59 Å². The van der Waals surface area contributed by atoms with E-state index in [0.29, 0.717) is 18.9 Å². The molecule has 1 aliphatic heterocycles. The Morgan fingerprint density at radius 3 is 2.90 bits per heavy atom. The fourth-order valence-electron chi connectivity index (χ4n) is 2.08. The molecule has 1 aliphatic rings. The normalized spacial score (nSPS) is 18.1. The van der Waals surface area contributed by atoms with Gasteiger partial charge in [0.2, 0.25) is 11.8 Å². The van der Waals surface area contributed by atoms with Gasteiger partial charge in [0.05, 0.1) is 18.9 Å². The number of morpholine rings is 1. The lowest BCUT2D eigenvalue weighted by Gasteiger charge is -2.23. The van der Waals surface area contributed by atoms with Gasteiger partial charge in [0, 0.05) is 31.6 Å². The van der Waals surface area contributed by atoms with Crippen LogP contribution in [0.3, 0.4) is 0 Å². The molecule has 1 heterocycles. The van der Waals surface area contributed by atoms with Crippen molar-refractivity contribution in [2.24, 2.45) is 0 Å². The zero-order valence-electron chi connectivity index (χ0n) is 11.7. The molecule has 21 heavy (non-hydrogen) atoms. The van der Waals surface area contributed by atoms with Gasteiger partial charge in [-0.1, -0.05) is 0 Å². The number of benzene rings is 1. The minimum Gasteiger partial charge on any atom is -0.378 e. The minimum atomic E-state index is -0.550. The van der Waals surface area contributed by atoms with E-state index in [1.54, 1.807) is 0 Å². The molecule has 7 heteroatoms. The fourth-order valence-corrected chi connectivity index (χ4v) is 2.08. The zero-order chi connectivity index (χ0) is 15.2. The van der Waals surface area contributed by atoms with Gasteiger partial charge in [-0.15, -0.1) is 0 Å². The number of rotatable bonds is 4. The molecule has 1 fully saturated rings. The maximum atomic E-state index is 13.5. The summed E-state index contributed by atoms with van der Waals surface area (Å²) in [5, 5.41) is 8.23. The summed E-state index contributed by atoms with van der Waals surface area (Å²) in [4.78, 5) is 22.9. The molecule has 0 aliphatic carbocycles. The van der Waals surface area contributed by atoms with Crippen molar-refractivity contribution >= 4 is 23.2 Å². The summed E-state index contributed by atoms with van der Waals surface area (Å²) in [6, 6.07) is 4.01. The summed E-state index contributed by atoms with van der Waals surface area (Å²) in [6.07, 6.45) is 0.271. The van der Waals surface area contributed by atoms with Crippen molar-refractivity contribution in [3.63, 3.8) is 0 Å². The Morgan fingerprint density at radius 2 is 2.24 bits per heavy atom. The summed E-state index contributed by atoms with van der Waals surface area (Å²) in [5.41, 5.74) is 0.473. The molecule has 6 nitrogen and oxygen atoms in total. The standard InChI is InChI=1S/C14H18FN3O3/c1-9(19)17-13-6-10(2-3-12(13)15)18-14(20)7-11-8-21-5-4-16-11/h2-3,6,11,16H,4-5,7-8H2,1H3,(H,17,19)(H,18,20). The number of carbonyl (C=O) groups is 2. The molecule has 1 unspecified atom stereocenters. The van der Waals surface area contributed by atoms with Crippen molar-refractivity contribution in [2.75, 3.05) is 30.4 Å². The molecule has 0 saturated carbocycles. The van der Waals surface area contributed by atoms with E-state index < -0.39 is 5.82 Å². The van der Waals surface area contributed by atoms with Crippen LogP contribution in [-0.4, -0.2) is 37.6 Å². The topological polar surface area (TPSA) is 79.5 Å². The van der Waals surface area contributed by atoms with Crippen molar-refractivity contribution in [2.45, 2.75) is 19.4 Å². The molecule has 1 aromatic rings. The van der Waals surface area contributed by atoms with Gasteiger partial charge in [0.1, 0.15) is 5.82 Å². The highest BCUT2D eigenvalue weighted by molar-refractivity contribution is 5.93. The Morgan fingerprint density at radius 1 is 1.43 bits per heavy atom. The van der Waals surface area contributed by atoms with E-state index in [-0.39, 0.29) is 30.0 Å². The van der Waals surface area contributed by atoms with E-state index in [4.69, 9.17) is 4.74 Å². The molecule has 1 saturated heterocycles. The van der Waals surface area contributed by atoms with Crippen LogP contribution in [0.2, 0.25) is 0 Å². The molecular weight excluding hydrogens is 277 g/mol. The van der Waals surface area contributed by atoms with Crippen molar-refractivity contribution in [1.29, 1.82) is 0 Å². The molecule has 3 N–H and O–H groups in total. The number of carbonyl (C=O) groups excluding carboxylic acids is 2. The Kier molecular flexibility index (Phi) is 5.24. The monoisotopic (exact) mass is 295 g/mol. The molecule has 0 radical (unpaired) electrons. The maximum Gasteiger partial charge on any atom is 0.226 e. The molecule has 0 bridgehead atoms. The SMILES string of the molecule is CC(=O)Nc1cc(NC(=O)CC2COCCN2)ccc1F. The second kappa shape index (κ2) is 7.14. The summed E-state index contributed by atoms with van der Waals surface area (Å²) in [7, 11) is 0. The third-order valence-electron chi connectivity index (χ3n) is 2.99. The first-order chi connectivity index (χ1) is 10.0. The second-order valence-electron chi connectivity index (χ2n) is 4.85. The van der Waals surface area contributed by atoms with Gasteiger partial charge in [0.15, 0.2) is 0 Å². The number of hydrogen-bond acceptors (Lipinski definition) is 4. The lowest BCUT2D eigenvalue weighted by molar-refractivity contribution is -0.117. The molecule has 0 aromatic heterocycles. The van der Waals surface area contributed by atoms with Gasteiger partial charge in [-0.2, -0.15) is 0 Å². The first-order valence-corrected chi connectivity index (χ1v) is 6.72. The molecule has 0 spiro atoms. The quantitative estimate of drug-likeness (QED) is 0.777. The summed E-state index contributed by atoms with van der Waals surface area (Å²) >= 11 is 0. The van der Waals surface area contributed by atoms with Crippen LogP contribution >= 0.6 is 0 Å². The summed E-state index contributed by atoms with van der Waals surface area (Å²) < 4.78 is 18.8.